The summed E-state index contributed by atoms with van der Waals surface area (Å²) in [6.07, 6.45) is -4.54. The molecule has 0 unspecified atom stereocenters. The lowest BCUT2D eigenvalue weighted by atomic mass is 10.1. The van der Waals surface area contributed by atoms with E-state index in [2.05, 4.69) is 0 Å². The van der Waals surface area contributed by atoms with Crippen LogP contribution in [0.25, 0.3) is 11.0 Å². The fourth-order valence-electron chi connectivity index (χ4n) is 2.76. The highest BCUT2D eigenvalue weighted by Gasteiger charge is 2.27. The number of halogens is 3. The number of ether oxygens (including phenoxy) is 2. The minimum atomic E-state index is -4.54. The van der Waals surface area contributed by atoms with Crippen LogP contribution in [0.3, 0.4) is 0 Å². The van der Waals surface area contributed by atoms with E-state index in [9.17, 15) is 27.6 Å². The molecule has 2 aromatic carbocycles. The van der Waals surface area contributed by atoms with Crippen LogP contribution in [-0.2, 0) is 16.1 Å². The second-order valence-electron chi connectivity index (χ2n) is 6.86. The zero-order chi connectivity index (χ0) is 23.3. The van der Waals surface area contributed by atoms with E-state index in [4.69, 9.17) is 13.9 Å². The molecule has 1 aromatic heterocycles. The van der Waals surface area contributed by atoms with Crippen molar-refractivity contribution in [2.75, 3.05) is 13.2 Å². The predicted octanol–water partition coefficient (Wildman–Crippen LogP) is 3.52. The maximum Gasteiger partial charge on any atom is 0.405 e. The molecule has 0 fully saturated rings. The molecule has 0 saturated heterocycles. The third kappa shape index (κ3) is 6.34. The van der Waals surface area contributed by atoms with Crippen LogP contribution in [0.4, 0.5) is 13.2 Å². The van der Waals surface area contributed by atoms with Crippen molar-refractivity contribution in [2.45, 2.75) is 19.7 Å². The number of amides is 1. The van der Waals surface area contributed by atoms with Crippen molar-refractivity contribution in [2.24, 2.45) is 0 Å². The van der Waals surface area contributed by atoms with Crippen molar-refractivity contribution < 1.29 is 36.7 Å². The number of fused-ring (bicyclic) bond motifs is 1. The van der Waals surface area contributed by atoms with Crippen molar-refractivity contribution in [3.63, 3.8) is 0 Å². The van der Waals surface area contributed by atoms with Crippen LogP contribution >= 0.6 is 0 Å². The molecule has 0 aliphatic heterocycles. The highest BCUT2D eigenvalue weighted by atomic mass is 19.4. The monoisotopic (exact) mass is 449 g/mol. The van der Waals surface area contributed by atoms with Crippen molar-refractivity contribution >= 4 is 22.8 Å². The van der Waals surface area contributed by atoms with Crippen molar-refractivity contribution in [3.05, 3.63) is 75.6 Å². The predicted molar refractivity (Wildman–Crippen MR) is 107 cm³/mol. The van der Waals surface area contributed by atoms with Gasteiger partial charge in [0.15, 0.2) is 6.61 Å². The molecule has 0 atom stereocenters. The van der Waals surface area contributed by atoms with Crippen LogP contribution in [0.15, 0.2) is 57.7 Å². The van der Waals surface area contributed by atoms with Gasteiger partial charge in [-0.2, -0.15) is 13.2 Å². The SMILES string of the molecule is Cc1cc(=O)oc2cc(OCc3ccc(C(=O)OCC(=O)NCC(F)(F)F)cc3)ccc12. The molecule has 10 heteroatoms. The molecule has 0 radical (unpaired) electrons. The summed E-state index contributed by atoms with van der Waals surface area (Å²) in [7, 11) is 0. The van der Waals surface area contributed by atoms with E-state index in [1.54, 1.807) is 42.6 Å². The van der Waals surface area contributed by atoms with Gasteiger partial charge in [0.2, 0.25) is 0 Å². The number of nitrogens with one attached hydrogen (secondary N) is 1. The molecule has 3 aromatic rings. The van der Waals surface area contributed by atoms with Crippen LogP contribution in [-0.4, -0.2) is 31.2 Å². The summed E-state index contributed by atoms with van der Waals surface area (Å²) in [5, 5.41) is 2.40. The van der Waals surface area contributed by atoms with Gasteiger partial charge >= 0.3 is 17.8 Å². The Balaban J connectivity index is 1.53. The molecule has 1 N–H and O–H groups in total. The maximum absolute atomic E-state index is 12.0. The maximum atomic E-state index is 12.0. The number of hydrogen-bond acceptors (Lipinski definition) is 6. The van der Waals surface area contributed by atoms with E-state index in [0.29, 0.717) is 11.3 Å². The Hall–Kier alpha value is -3.82. The Bertz CT molecular complexity index is 1180. The first kappa shape index (κ1) is 22.9. The summed E-state index contributed by atoms with van der Waals surface area (Å²) >= 11 is 0. The summed E-state index contributed by atoms with van der Waals surface area (Å²) in [6.45, 7) is -0.351. The third-order valence-corrected chi connectivity index (χ3v) is 4.34. The van der Waals surface area contributed by atoms with E-state index in [1.807, 2.05) is 0 Å². The molecule has 1 amide bonds. The molecular formula is C22H18F3NO6. The van der Waals surface area contributed by atoms with Gasteiger partial charge in [0, 0.05) is 17.5 Å². The van der Waals surface area contributed by atoms with E-state index in [1.165, 1.54) is 18.2 Å². The fourth-order valence-corrected chi connectivity index (χ4v) is 2.76. The number of benzene rings is 2. The summed E-state index contributed by atoms with van der Waals surface area (Å²) in [6, 6.07) is 12.6. The minimum Gasteiger partial charge on any atom is -0.489 e. The van der Waals surface area contributed by atoms with Gasteiger partial charge < -0.3 is 19.2 Å². The van der Waals surface area contributed by atoms with Gasteiger partial charge in [-0.1, -0.05) is 12.1 Å². The lowest BCUT2D eigenvalue weighted by molar-refractivity contribution is -0.140. The number of carbonyl (C=O) groups is 2. The van der Waals surface area contributed by atoms with Crippen LogP contribution in [0.2, 0.25) is 0 Å². The summed E-state index contributed by atoms with van der Waals surface area (Å²) in [4.78, 5) is 34.7. The van der Waals surface area contributed by atoms with Crippen molar-refractivity contribution in [1.29, 1.82) is 0 Å². The lowest BCUT2D eigenvalue weighted by Crippen LogP contribution is -2.36. The molecule has 0 saturated carbocycles. The molecule has 1 heterocycles. The summed E-state index contributed by atoms with van der Waals surface area (Å²) < 4.78 is 51.7. The van der Waals surface area contributed by atoms with Gasteiger partial charge in [0.1, 0.15) is 24.5 Å². The molecule has 0 bridgehead atoms. The van der Waals surface area contributed by atoms with Gasteiger partial charge in [-0.15, -0.1) is 0 Å². The molecule has 0 spiro atoms. The first-order chi connectivity index (χ1) is 15.1. The number of esters is 1. The quantitative estimate of drug-likeness (QED) is 0.438. The molecule has 0 aliphatic carbocycles. The molecule has 32 heavy (non-hydrogen) atoms. The fraction of sp³-hybridized carbons (Fsp3) is 0.227. The lowest BCUT2D eigenvalue weighted by Gasteiger charge is -2.10. The highest BCUT2D eigenvalue weighted by molar-refractivity contribution is 5.91. The Labute approximate surface area is 179 Å². The van der Waals surface area contributed by atoms with Gasteiger partial charge in [-0.05, 0) is 42.3 Å². The summed E-state index contributed by atoms with van der Waals surface area (Å²) in [5.74, 6) is -1.42. The van der Waals surface area contributed by atoms with Gasteiger partial charge in [-0.25, -0.2) is 9.59 Å². The van der Waals surface area contributed by atoms with E-state index in [0.717, 1.165) is 16.5 Å². The minimum absolute atomic E-state index is 0.125. The van der Waals surface area contributed by atoms with E-state index in [-0.39, 0.29) is 12.2 Å². The Morgan fingerprint density at radius 2 is 1.78 bits per heavy atom. The van der Waals surface area contributed by atoms with Gasteiger partial charge in [0.05, 0.1) is 5.56 Å². The van der Waals surface area contributed by atoms with Crippen LogP contribution < -0.4 is 15.7 Å². The topological polar surface area (TPSA) is 94.8 Å². The zero-order valence-corrected chi connectivity index (χ0v) is 16.8. The second-order valence-corrected chi connectivity index (χ2v) is 6.86. The number of hydrogen-bond donors (Lipinski definition) is 1. The zero-order valence-electron chi connectivity index (χ0n) is 16.8. The largest absolute Gasteiger partial charge is 0.489 e. The normalized spacial score (nSPS) is 11.2. The molecule has 3 rings (SSSR count). The van der Waals surface area contributed by atoms with Crippen molar-refractivity contribution in [3.8, 4) is 5.75 Å². The Morgan fingerprint density at radius 3 is 2.47 bits per heavy atom. The second kappa shape index (κ2) is 9.54. The molecule has 0 aliphatic rings. The first-order valence-electron chi connectivity index (χ1n) is 9.37. The number of carbonyl (C=O) groups excluding carboxylic acids is 2. The molecule has 168 valence electrons. The van der Waals surface area contributed by atoms with Crippen LogP contribution in [0, 0.1) is 6.92 Å². The Kier molecular flexibility index (Phi) is 6.82. The number of alkyl halides is 3. The molecule has 7 nitrogen and oxygen atoms in total. The number of aryl methyl sites for hydroxylation is 1. The number of rotatable bonds is 7. The third-order valence-electron chi connectivity index (χ3n) is 4.34. The van der Waals surface area contributed by atoms with Gasteiger partial charge in [-0.3, -0.25) is 4.79 Å². The summed E-state index contributed by atoms with van der Waals surface area (Å²) in [5.41, 5.74) is 1.59. The average molecular weight is 449 g/mol. The molecular weight excluding hydrogens is 431 g/mol. The van der Waals surface area contributed by atoms with Gasteiger partial charge in [0.25, 0.3) is 5.91 Å². The van der Waals surface area contributed by atoms with Crippen LogP contribution in [0.5, 0.6) is 5.75 Å². The highest BCUT2D eigenvalue weighted by Crippen LogP contribution is 2.23. The van der Waals surface area contributed by atoms with E-state index >= 15 is 0 Å². The first-order valence-corrected chi connectivity index (χ1v) is 9.37. The smallest absolute Gasteiger partial charge is 0.405 e. The average Bonchev–Trinajstić information content (AvgIpc) is 2.74. The Morgan fingerprint density at radius 1 is 1.06 bits per heavy atom. The van der Waals surface area contributed by atoms with Crippen molar-refractivity contribution in [1.82, 2.24) is 5.32 Å². The van der Waals surface area contributed by atoms with Crippen LogP contribution in [0.1, 0.15) is 21.5 Å². The van der Waals surface area contributed by atoms with E-state index < -0.39 is 36.8 Å². The standard InChI is InChI=1S/C22H18F3NO6/c1-13-8-20(28)32-18-9-16(6-7-17(13)18)30-10-14-2-4-15(5-3-14)21(29)31-11-19(27)26-12-22(23,24)25/h2-9H,10-12H2,1H3,(H,26,27).